The fourth-order valence-corrected chi connectivity index (χ4v) is 2.43. The molecule has 0 bridgehead atoms. The fourth-order valence-electron chi connectivity index (χ4n) is 2.01. The van der Waals surface area contributed by atoms with Gasteiger partial charge in [0.1, 0.15) is 0 Å². The summed E-state index contributed by atoms with van der Waals surface area (Å²) in [5.41, 5.74) is -0.660. The number of hydrogen-bond acceptors (Lipinski definition) is 2. The number of alkyl halides is 3. The second-order valence-electron chi connectivity index (χ2n) is 4.66. The summed E-state index contributed by atoms with van der Waals surface area (Å²) in [4.78, 5) is 0. The lowest BCUT2D eigenvalue weighted by Gasteiger charge is -2.15. The Balaban J connectivity index is 1.94. The summed E-state index contributed by atoms with van der Waals surface area (Å²) in [7, 11) is 0. The number of thiocarbonyl (C=S) groups is 1. The van der Waals surface area contributed by atoms with Gasteiger partial charge in [-0.15, -0.1) is 0 Å². The van der Waals surface area contributed by atoms with Crippen molar-refractivity contribution in [3.05, 3.63) is 28.8 Å². The molecule has 1 aromatic rings. The monoisotopic (exact) mass is 338 g/mol. The Bertz CT molecular complexity index is 519. The van der Waals surface area contributed by atoms with Crippen LogP contribution in [0.15, 0.2) is 18.2 Å². The molecule has 0 aromatic heterocycles. The molecule has 3 nitrogen and oxygen atoms in total. The van der Waals surface area contributed by atoms with Gasteiger partial charge in [0.15, 0.2) is 5.11 Å². The quantitative estimate of drug-likeness (QED) is 0.821. The van der Waals surface area contributed by atoms with Crippen LogP contribution in [-0.2, 0) is 10.9 Å². The minimum Gasteiger partial charge on any atom is -0.376 e. The summed E-state index contributed by atoms with van der Waals surface area (Å²) in [5.74, 6) is 0. The molecule has 1 saturated heterocycles. The molecule has 0 unspecified atom stereocenters. The Kier molecular flexibility index (Phi) is 5.29. The van der Waals surface area contributed by atoms with Gasteiger partial charge in [-0.05, 0) is 43.3 Å². The number of hydrogen-bond donors (Lipinski definition) is 2. The van der Waals surface area contributed by atoms with E-state index in [1.807, 2.05) is 0 Å². The van der Waals surface area contributed by atoms with Crippen molar-refractivity contribution in [3.63, 3.8) is 0 Å². The topological polar surface area (TPSA) is 33.3 Å². The van der Waals surface area contributed by atoms with Gasteiger partial charge in [0.25, 0.3) is 0 Å². The number of nitrogens with one attached hydrogen (secondary N) is 2. The molecule has 0 amide bonds. The van der Waals surface area contributed by atoms with E-state index in [2.05, 4.69) is 10.6 Å². The van der Waals surface area contributed by atoms with Crippen molar-refractivity contribution in [2.24, 2.45) is 0 Å². The summed E-state index contributed by atoms with van der Waals surface area (Å²) in [6.07, 6.45) is -2.43. The Hall–Kier alpha value is -1.05. The van der Waals surface area contributed by atoms with Gasteiger partial charge in [-0.3, -0.25) is 0 Å². The molecular formula is C13H14ClF3N2OS. The van der Waals surface area contributed by atoms with Crippen LogP contribution in [0, 0.1) is 0 Å². The summed E-state index contributed by atoms with van der Waals surface area (Å²) < 4.78 is 43.6. The van der Waals surface area contributed by atoms with E-state index >= 15 is 0 Å². The molecule has 1 aliphatic rings. The molecule has 1 atom stereocenters. The van der Waals surface area contributed by atoms with Crippen LogP contribution in [0.4, 0.5) is 18.9 Å². The zero-order valence-electron chi connectivity index (χ0n) is 11.0. The number of anilines is 1. The Morgan fingerprint density at radius 3 is 2.81 bits per heavy atom. The molecule has 8 heteroatoms. The van der Waals surface area contributed by atoms with Crippen LogP contribution < -0.4 is 10.6 Å². The first-order chi connectivity index (χ1) is 9.86. The van der Waals surface area contributed by atoms with Gasteiger partial charge < -0.3 is 15.4 Å². The van der Waals surface area contributed by atoms with Crippen molar-refractivity contribution < 1.29 is 17.9 Å². The lowest BCUT2D eigenvalue weighted by atomic mass is 10.2. The summed E-state index contributed by atoms with van der Waals surface area (Å²) in [6, 6.07) is 3.56. The third-order valence-corrected chi connectivity index (χ3v) is 3.62. The molecular weight excluding hydrogens is 325 g/mol. The van der Waals surface area contributed by atoms with Crippen molar-refractivity contribution in [3.8, 4) is 0 Å². The van der Waals surface area contributed by atoms with Crippen LogP contribution in [0.25, 0.3) is 0 Å². The first-order valence-corrected chi connectivity index (χ1v) is 7.18. The highest BCUT2D eigenvalue weighted by Crippen LogP contribution is 2.36. The van der Waals surface area contributed by atoms with Crippen LogP contribution in [0.3, 0.4) is 0 Å². The maximum Gasteiger partial charge on any atom is 0.417 e. The number of halogens is 4. The number of rotatable bonds is 3. The molecule has 116 valence electrons. The minimum atomic E-state index is -4.50. The lowest BCUT2D eigenvalue weighted by Crippen LogP contribution is -2.34. The fraction of sp³-hybridized carbons (Fsp3) is 0.462. The molecule has 1 aliphatic heterocycles. The third kappa shape index (κ3) is 4.72. The van der Waals surface area contributed by atoms with Crippen molar-refractivity contribution in [2.45, 2.75) is 25.1 Å². The first-order valence-electron chi connectivity index (χ1n) is 6.39. The predicted octanol–water partition coefficient (Wildman–Crippen LogP) is 3.82. The van der Waals surface area contributed by atoms with Gasteiger partial charge in [-0.25, -0.2) is 0 Å². The van der Waals surface area contributed by atoms with Gasteiger partial charge in [0.05, 0.1) is 16.7 Å². The largest absolute Gasteiger partial charge is 0.417 e. The van der Waals surface area contributed by atoms with E-state index in [4.69, 9.17) is 28.6 Å². The Labute approximate surface area is 130 Å². The maximum absolute atomic E-state index is 12.7. The molecule has 2 N–H and O–H groups in total. The number of ether oxygens (including phenoxy) is 1. The number of benzene rings is 1. The van der Waals surface area contributed by atoms with E-state index in [0.717, 1.165) is 25.5 Å². The van der Waals surface area contributed by atoms with Gasteiger partial charge in [-0.1, -0.05) is 11.6 Å². The highest BCUT2D eigenvalue weighted by atomic mass is 35.5. The van der Waals surface area contributed by atoms with Crippen LogP contribution in [0.2, 0.25) is 5.02 Å². The van der Waals surface area contributed by atoms with Crippen molar-refractivity contribution in [1.82, 2.24) is 5.32 Å². The molecule has 21 heavy (non-hydrogen) atoms. The molecule has 0 spiro atoms. The third-order valence-electron chi connectivity index (χ3n) is 3.04. The van der Waals surface area contributed by atoms with E-state index in [-0.39, 0.29) is 21.9 Å². The Morgan fingerprint density at radius 1 is 1.43 bits per heavy atom. The average Bonchev–Trinajstić information content (AvgIpc) is 2.90. The van der Waals surface area contributed by atoms with Gasteiger partial charge in [0, 0.05) is 18.8 Å². The van der Waals surface area contributed by atoms with E-state index in [1.165, 1.54) is 12.1 Å². The highest BCUT2D eigenvalue weighted by Gasteiger charge is 2.33. The molecule has 1 heterocycles. The second kappa shape index (κ2) is 6.81. The SMILES string of the molecule is FC(F)(F)c1cc(NC(=S)NC[C@@H]2CCCO2)ccc1Cl. The van der Waals surface area contributed by atoms with E-state index < -0.39 is 11.7 Å². The molecule has 0 aliphatic carbocycles. The van der Waals surface area contributed by atoms with Gasteiger partial charge in [0.2, 0.25) is 0 Å². The van der Waals surface area contributed by atoms with Crippen molar-refractivity contribution in [1.29, 1.82) is 0 Å². The van der Waals surface area contributed by atoms with E-state index in [9.17, 15) is 13.2 Å². The zero-order chi connectivity index (χ0) is 15.5. The summed E-state index contributed by atoms with van der Waals surface area (Å²) >= 11 is 10.6. The van der Waals surface area contributed by atoms with Crippen molar-refractivity contribution >= 4 is 34.6 Å². The summed E-state index contributed by atoms with van der Waals surface area (Å²) in [5, 5.41) is 5.55. The smallest absolute Gasteiger partial charge is 0.376 e. The first kappa shape index (κ1) is 16.3. The maximum atomic E-state index is 12.7. The highest BCUT2D eigenvalue weighted by molar-refractivity contribution is 7.80. The van der Waals surface area contributed by atoms with Crippen LogP contribution in [0.5, 0.6) is 0 Å². The predicted molar refractivity (Wildman–Crippen MR) is 79.7 cm³/mol. The minimum absolute atomic E-state index is 0.0979. The zero-order valence-corrected chi connectivity index (χ0v) is 12.5. The normalized spacial score (nSPS) is 18.6. The van der Waals surface area contributed by atoms with Crippen molar-refractivity contribution in [2.75, 3.05) is 18.5 Å². The van der Waals surface area contributed by atoms with E-state index in [0.29, 0.717) is 6.54 Å². The van der Waals surface area contributed by atoms with Crippen LogP contribution in [0.1, 0.15) is 18.4 Å². The van der Waals surface area contributed by atoms with Crippen LogP contribution in [-0.4, -0.2) is 24.4 Å². The molecule has 0 radical (unpaired) electrons. The molecule has 1 fully saturated rings. The molecule has 2 rings (SSSR count). The van der Waals surface area contributed by atoms with Gasteiger partial charge in [-0.2, -0.15) is 13.2 Å². The van der Waals surface area contributed by atoms with Gasteiger partial charge >= 0.3 is 6.18 Å². The standard InChI is InChI=1S/C13H14ClF3N2OS/c14-11-4-3-8(6-10(11)13(15,16)17)19-12(21)18-7-9-2-1-5-20-9/h3-4,6,9H,1-2,5,7H2,(H2,18,19,21)/t9-/m0/s1. The average molecular weight is 339 g/mol. The molecule has 1 aromatic carbocycles. The summed E-state index contributed by atoms with van der Waals surface area (Å²) in [6.45, 7) is 1.27. The van der Waals surface area contributed by atoms with E-state index in [1.54, 1.807) is 0 Å². The lowest BCUT2D eigenvalue weighted by molar-refractivity contribution is -0.137. The second-order valence-corrected chi connectivity index (χ2v) is 5.48. The molecule has 0 saturated carbocycles. The Morgan fingerprint density at radius 2 is 2.19 bits per heavy atom. The van der Waals surface area contributed by atoms with Crippen LogP contribution >= 0.6 is 23.8 Å².